The van der Waals surface area contributed by atoms with Gasteiger partial charge in [-0.05, 0) is 42.7 Å². The van der Waals surface area contributed by atoms with Crippen LogP contribution in [-0.2, 0) is 6.42 Å². The van der Waals surface area contributed by atoms with Gasteiger partial charge < -0.3 is 10.6 Å². The predicted molar refractivity (Wildman–Crippen MR) is 103 cm³/mol. The van der Waals surface area contributed by atoms with Crippen molar-refractivity contribution in [2.45, 2.75) is 13.3 Å². The van der Waals surface area contributed by atoms with Gasteiger partial charge in [-0.15, -0.1) is 0 Å². The van der Waals surface area contributed by atoms with Crippen LogP contribution in [0.25, 0.3) is 0 Å². The van der Waals surface area contributed by atoms with Crippen molar-refractivity contribution < 1.29 is 4.79 Å². The third-order valence-corrected chi connectivity index (χ3v) is 3.83. The Morgan fingerprint density at radius 1 is 1.12 bits per heavy atom. The largest absolute Gasteiger partial charge is 0.368 e. The number of carbonyl (C=O) groups is 1. The molecule has 1 aromatic carbocycles. The monoisotopic (exact) mass is 367 g/mol. The number of aryl methyl sites for hydroxylation is 1. The number of amides is 1. The van der Waals surface area contributed by atoms with Crippen molar-refractivity contribution in [3.63, 3.8) is 0 Å². The zero-order chi connectivity index (χ0) is 18.4. The molecule has 3 aromatic rings. The summed E-state index contributed by atoms with van der Waals surface area (Å²) in [7, 11) is 0. The Morgan fingerprint density at radius 2 is 1.96 bits per heavy atom. The van der Waals surface area contributed by atoms with Gasteiger partial charge in [0, 0.05) is 24.6 Å². The van der Waals surface area contributed by atoms with E-state index in [0.717, 1.165) is 23.2 Å². The molecule has 0 aliphatic heterocycles. The third-order valence-electron chi connectivity index (χ3n) is 3.65. The van der Waals surface area contributed by atoms with Gasteiger partial charge in [-0.25, -0.2) is 4.98 Å². The Hall–Kier alpha value is -2.99. The molecule has 0 bridgehead atoms. The zero-order valence-corrected chi connectivity index (χ0v) is 15.0. The second-order valence-corrected chi connectivity index (χ2v) is 6.20. The van der Waals surface area contributed by atoms with Crippen molar-refractivity contribution in [1.82, 2.24) is 15.0 Å². The molecule has 0 radical (unpaired) electrons. The molecule has 0 fully saturated rings. The molecule has 0 aliphatic rings. The lowest BCUT2D eigenvalue weighted by Gasteiger charge is -2.09. The van der Waals surface area contributed by atoms with Crippen LogP contribution in [0.5, 0.6) is 0 Å². The van der Waals surface area contributed by atoms with Crippen molar-refractivity contribution in [1.29, 1.82) is 0 Å². The minimum atomic E-state index is -0.175. The maximum Gasteiger partial charge on any atom is 0.257 e. The Morgan fingerprint density at radius 3 is 2.77 bits per heavy atom. The Labute approximate surface area is 156 Å². The fourth-order valence-electron chi connectivity index (χ4n) is 2.45. The summed E-state index contributed by atoms with van der Waals surface area (Å²) in [5.74, 6) is 0.458. The van der Waals surface area contributed by atoms with Crippen LogP contribution in [0.4, 0.5) is 11.5 Å². The summed E-state index contributed by atoms with van der Waals surface area (Å²) in [6.07, 6.45) is 7.15. The highest BCUT2D eigenvalue weighted by molar-refractivity contribution is 6.29. The van der Waals surface area contributed by atoms with Gasteiger partial charge in [0.1, 0.15) is 11.0 Å². The second-order valence-electron chi connectivity index (χ2n) is 5.81. The zero-order valence-electron chi connectivity index (χ0n) is 14.2. The number of rotatable bonds is 6. The predicted octanol–water partition coefficient (Wildman–Crippen LogP) is 3.74. The molecule has 6 nitrogen and oxygen atoms in total. The summed E-state index contributed by atoms with van der Waals surface area (Å²) >= 11 is 5.81. The van der Waals surface area contributed by atoms with Crippen LogP contribution >= 0.6 is 11.6 Å². The first kappa shape index (κ1) is 17.8. The minimum Gasteiger partial charge on any atom is -0.368 e. The molecular formula is C19H18ClN5O. The lowest BCUT2D eigenvalue weighted by molar-refractivity contribution is 0.102. The smallest absolute Gasteiger partial charge is 0.257 e. The quantitative estimate of drug-likeness (QED) is 0.693. The number of nitrogens with zero attached hydrogens (tertiary/aromatic N) is 3. The van der Waals surface area contributed by atoms with Gasteiger partial charge in [0.25, 0.3) is 5.91 Å². The van der Waals surface area contributed by atoms with Crippen LogP contribution in [0.1, 0.15) is 21.5 Å². The van der Waals surface area contributed by atoms with Gasteiger partial charge in [-0.3, -0.25) is 14.8 Å². The lowest BCUT2D eigenvalue weighted by atomic mass is 10.1. The fourth-order valence-corrected chi connectivity index (χ4v) is 2.60. The number of pyridine rings is 1. The number of anilines is 2. The number of aromatic nitrogens is 3. The van der Waals surface area contributed by atoms with Crippen molar-refractivity contribution in [3.8, 4) is 0 Å². The molecule has 2 heterocycles. The Kier molecular flexibility index (Phi) is 5.76. The highest BCUT2D eigenvalue weighted by Crippen LogP contribution is 2.14. The molecule has 0 unspecified atom stereocenters. The van der Waals surface area contributed by atoms with E-state index >= 15 is 0 Å². The summed E-state index contributed by atoms with van der Waals surface area (Å²) in [6.45, 7) is 2.58. The number of hydrogen-bond acceptors (Lipinski definition) is 5. The summed E-state index contributed by atoms with van der Waals surface area (Å²) in [4.78, 5) is 24.5. The summed E-state index contributed by atoms with van der Waals surface area (Å²) < 4.78 is 0. The topological polar surface area (TPSA) is 79.8 Å². The number of benzene rings is 1. The number of nitrogens with one attached hydrogen (secondary N) is 2. The van der Waals surface area contributed by atoms with E-state index in [1.807, 2.05) is 37.3 Å². The van der Waals surface area contributed by atoms with E-state index in [9.17, 15) is 4.79 Å². The van der Waals surface area contributed by atoms with Crippen molar-refractivity contribution in [2.75, 3.05) is 17.2 Å². The van der Waals surface area contributed by atoms with E-state index in [4.69, 9.17) is 11.6 Å². The molecule has 2 N–H and O–H groups in total. The van der Waals surface area contributed by atoms with Crippen LogP contribution in [0.15, 0.2) is 55.1 Å². The maximum absolute atomic E-state index is 12.3. The van der Waals surface area contributed by atoms with Crippen molar-refractivity contribution in [3.05, 3.63) is 77.0 Å². The summed E-state index contributed by atoms with van der Waals surface area (Å²) in [5.41, 5.74) is 3.32. The Balaban J connectivity index is 1.58. The SMILES string of the molecule is Cc1cncc(C(=O)Nc2cccc(CCNc3cncc(Cl)n3)c2)c1. The van der Waals surface area contributed by atoms with E-state index in [-0.39, 0.29) is 5.91 Å². The van der Waals surface area contributed by atoms with Crippen LogP contribution in [0.3, 0.4) is 0 Å². The average Bonchev–Trinajstić information content (AvgIpc) is 2.62. The molecule has 0 saturated carbocycles. The molecule has 7 heteroatoms. The lowest BCUT2D eigenvalue weighted by Crippen LogP contribution is -2.13. The van der Waals surface area contributed by atoms with Crippen molar-refractivity contribution in [2.24, 2.45) is 0 Å². The molecule has 132 valence electrons. The van der Waals surface area contributed by atoms with E-state index < -0.39 is 0 Å². The molecular weight excluding hydrogens is 350 g/mol. The molecule has 0 spiro atoms. The molecule has 3 rings (SSSR count). The van der Waals surface area contributed by atoms with E-state index in [1.54, 1.807) is 18.6 Å². The molecule has 0 aliphatic carbocycles. The van der Waals surface area contributed by atoms with E-state index in [2.05, 4.69) is 25.6 Å². The highest BCUT2D eigenvalue weighted by atomic mass is 35.5. The maximum atomic E-state index is 12.3. The first-order chi connectivity index (χ1) is 12.6. The highest BCUT2D eigenvalue weighted by Gasteiger charge is 2.07. The van der Waals surface area contributed by atoms with Gasteiger partial charge in [-0.1, -0.05) is 23.7 Å². The van der Waals surface area contributed by atoms with Crippen LogP contribution in [0.2, 0.25) is 5.15 Å². The molecule has 26 heavy (non-hydrogen) atoms. The van der Waals surface area contributed by atoms with Gasteiger partial charge in [0.2, 0.25) is 0 Å². The van der Waals surface area contributed by atoms with Gasteiger partial charge in [0.15, 0.2) is 0 Å². The van der Waals surface area contributed by atoms with Crippen LogP contribution < -0.4 is 10.6 Å². The first-order valence-electron chi connectivity index (χ1n) is 8.13. The third kappa shape index (κ3) is 5.00. The molecule has 2 aromatic heterocycles. The Bertz CT molecular complexity index is 916. The van der Waals surface area contributed by atoms with Gasteiger partial charge in [0.05, 0.1) is 18.0 Å². The second kappa shape index (κ2) is 8.40. The van der Waals surface area contributed by atoms with E-state index in [1.165, 1.54) is 6.20 Å². The number of carbonyl (C=O) groups excluding carboxylic acids is 1. The van der Waals surface area contributed by atoms with Gasteiger partial charge >= 0.3 is 0 Å². The normalized spacial score (nSPS) is 10.4. The molecule has 1 amide bonds. The number of halogens is 1. The molecule has 0 saturated heterocycles. The van der Waals surface area contributed by atoms with E-state index in [0.29, 0.717) is 23.1 Å². The van der Waals surface area contributed by atoms with Gasteiger partial charge in [-0.2, -0.15) is 0 Å². The van der Waals surface area contributed by atoms with Crippen LogP contribution in [-0.4, -0.2) is 27.4 Å². The minimum absolute atomic E-state index is 0.175. The standard InChI is InChI=1S/C19H18ClN5O/c1-13-7-15(10-21-9-13)19(26)24-16-4-2-3-14(8-16)5-6-23-18-12-22-11-17(20)25-18/h2-4,7-12H,5-6H2,1H3,(H,23,25)(H,24,26). The van der Waals surface area contributed by atoms with Crippen molar-refractivity contribution >= 4 is 29.0 Å². The molecule has 0 atom stereocenters. The number of hydrogen-bond donors (Lipinski definition) is 2. The summed E-state index contributed by atoms with van der Waals surface area (Å²) in [6, 6.07) is 9.54. The summed E-state index contributed by atoms with van der Waals surface area (Å²) in [5, 5.41) is 6.43. The first-order valence-corrected chi connectivity index (χ1v) is 8.51. The average molecular weight is 368 g/mol. The fraction of sp³-hybridized carbons (Fsp3) is 0.158. The van der Waals surface area contributed by atoms with Crippen LogP contribution in [0, 0.1) is 6.92 Å².